The molecule has 0 bridgehead atoms. The molecule has 19 heavy (non-hydrogen) atoms. The fourth-order valence-corrected chi connectivity index (χ4v) is 2.22. The number of hydrogen-bond acceptors (Lipinski definition) is 1. The van der Waals surface area contributed by atoms with E-state index >= 15 is 0 Å². The molecule has 1 nitrogen and oxygen atoms in total. The minimum absolute atomic E-state index is 0.0892. The zero-order chi connectivity index (χ0) is 14.0. The van der Waals surface area contributed by atoms with Crippen molar-refractivity contribution in [2.24, 2.45) is 0 Å². The molecule has 0 unspecified atom stereocenters. The van der Waals surface area contributed by atoms with Gasteiger partial charge in [-0.25, -0.2) is 4.39 Å². The van der Waals surface area contributed by atoms with E-state index in [0.29, 0.717) is 11.3 Å². The predicted octanol–water partition coefficient (Wildman–Crippen LogP) is 5.28. The molecule has 3 heteroatoms. The van der Waals surface area contributed by atoms with Crippen LogP contribution in [-0.2, 0) is 5.88 Å². The number of benzene rings is 2. The summed E-state index contributed by atoms with van der Waals surface area (Å²) in [5.74, 6) is 1.01. The molecule has 0 radical (unpaired) electrons. The molecule has 0 aliphatic carbocycles. The zero-order valence-corrected chi connectivity index (χ0v) is 12.0. The van der Waals surface area contributed by atoms with Crippen molar-refractivity contribution >= 4 is 11.6 Å². The first-order chi connectivity index (χ1) is 9.04. The van der Waals surface area contributed by atoms with E-state index in [1.165, 1.54) is 6.07 Å². The van der Waals surface area contributed by atoms with Crippen LogP contribution in [0.5, 0.6) is 11.5 Å². The van der Waals surface area contributed by atoms with Crippen LogP contribution in [0.4, 0.5) is 4.39 Å². The Bertz CT molecular complexity index is 608. The lowest BCUT2D eigenvalue weighted by Gasteiger charge is -2.15. The van der Waals surface area contributed by atoms with Crippen LogP contribution in [0.3, 0.4) is 0 Å². The first-order valence-electron chi connectivity index (χ1n) is 6.12. The van der Waals surface area contributed by atoms with Crippen molar-refractivity contribution < 1.29 is 9.13 Å². The largest absolute Gasteiger partial charge is 0.456 e. The summed E-state index contributed by atoms with van der Waals surface area (Å²) in [6.07, 6.45) is 0. The van der Waals surface area contributed by atoms with Gasteiger partial charge >= 0.3 is 0 Å². The molecule has 0 atom stereocenters. The Hall–Kier alpha value is -1.54. The van der Waals surface area contributed by atoms with Crippen LogP contribution < -0.4 is 4.74 Å². The molecule has 0 aliphatic heterocycles. The molecule has 2 aromatic carbocycles. The normalized spacial score (nSPS) is 10.6. The molecule has 0 saturated heterocycles. The van der Waals surface area contributed by atoms with Gasteiger partial charge in [-0.15, -0.1) is 11.6 Å². The smallest absolute Gasteiger partial charge is 0.134 e. The van der Waals surface area contributed by atoms with Crippen molar-refractivity contribution in [3.63, 3.8) is 0 Å². The number of ether oxygens (including phenoxy) is 1. The average Bonchev–Trinajstić information content (AvgIpc) is 2.39. The summed E-state index contributed by atoms with van der Waals surface area (Å²) in [7, 11) is 0. The quantitative estimate of drug-likeness (QED) is 0.694. The molecule has 0 N–H and O–H groups in total. The van der Waals surface area contributed by atoms with E-state index in [4.69, 9.17) is 16.3 Å². The van der Waals surface area contributed by atoms with Gasteiger partial charge in [0.05, 0.1) is 5.88 Å². The summed E-state index contributed by atoms with van der Waals surface area (Å²) < 4.78 is 19.6. The van der Waals surface area contributed by atoms with Gasteiger partial charge in [-0.3, -0.25) is 0 Å². The van der Waals surface area contributed by atoms with Crippen molar-refractivity contribution in [3.05, 3.63) is 58.4 Å². The molecular formula is C16H16ClFO. The Morgan fingerprint density at radius 2 is 1.74 bits per heavy atom. The summed E-state index contributed by atoms with van der Waals surface area (Å²) in [5, 5.41) is 0. The summed E-state index contributed by atoms with van der Waals surface area (Å²) in [6, 6.07) is 8.80. The number of hydrogen-bond donors (Lipinski definition) is 0. The monoisotopic (exact) mass is 278 g/mol. The van der Waals surface area contributed by atoms with Gasteiger partial charge in [0, 0.05) is 5.56 Å². The van der Waals surface area contributed by atoms with E-state index in [2.05, 4.69) is 0 Å². The molecule has 0 fully saturated rings. The van der Waals surface area contributed by atoms with Gasteiger partial charge in [0.2, 0.25) is 0 Å². The molecule has 0 amide bonds. The third-order valence-electron chi connectivity index (χ3n) is 3.30. The highest BCUT2D eigenvalue weighted by Gasteiger charge is 2.12. The second-order valence-electron chi connectivity index (χ2n) is 4.61. The first kappa shape index (κ1) is 13.9. The second-order valence-corrected chi connectivity index (χ2v) is 4.87. The van der Waals surface area contributed by atoms with Gasteiger partial charge < -0.3 is 4.74 Å². The van der Waals surface area contributed by atoms with Crippen LogP contribution in [-0.4, -0.2) is 0 Å². The van der Waals surface area contributed by atoms with Gasteiger partial charge in [0.25, 0.3) is 0 Å². The Balaban J connectivity index is 2.48. The molecule has 0 spiro atoms. The Morgan fingerprint density at radius 3 is 2.42 bits per heavy atom. The maximum Gasteiger partial charge on any atom is 0.134 e. The number of alkyl halides is 1. The fourth-order valence-electron chi connectivity index (χ4n) is 1.96. The van der Waals surface area contributed by atoms with E-state index in [1.807, 2.05) is 32.9 Å². The molecule has 0 aromatic heterocycles. The van der Waals surface area contributed by atoms with Gasteiger partial charge in [-0.1, -0.05) is 18.2 Å². The predicted molar refractivity (Wildman–Crippen MR) is 76.7 cm³/mol. The molecule has 2 aromatic rings. The van der Waals surface area contributed by atoms with Crippen molar-refractivity contribution in [1.29, 1.82) is 0 Å². The summed E-state index contributed by atoms with van der Waals surface area (Å²) >= 11 is 5.79. The van der Waals surface area contributed by atoms with E-state index in [0.717, 1.165) is 22.4 Å². The lowest BCUT2D eigenvalue weighted by atomic mass is 10.1. The number of halogens is 2. The highest BCUT2D eigenvalue weighted by Crippen LogP contribution is 2.33. The maximum absolute atomic E-state index is 13.7. The molecule has 0 aliphatic rings. The van der Waals surface area contributed by atoms with Crippen molar-refractivity contribution in [2.45, 2.75) is 26.7 Å². The molecule has 100 valence electrons. The molecule has 0 saturated carbocycles. The van der Waals surface area contributed by atoms with Crippen LogP contribution in [0.15, 0.2) is 30.3 Å². The molecule has 0 heterocycles. The summed E-state index contributed by atoms with van der Waals surface area (Å²) in [5.41, 5.74) is 3.62. The Kier molecular flexibility index (Phi) is 4.11. The van der Waals surface area contributed by atoms with E-state index in [-0.39, 0.29) is 11.7 Å². The third-order valence-corrected chi connectivity index (χ3v) is 3.56. The van der Waals surface area contributed by atoms with Crippen LogP contribution in [0.2, 0.25) is 0 Å². The maximum atomic E-state index is 13.7. The van der Waals surface area contributed by atoms with Crippen molar-refractivity contribution in [1.82, 2.24) is 0 Å². The lowest BCUT2D eigenvalue weighted by molar-refractivity contribution is 0.463. The SMILES string of the molecule is Cc1ccc(C)c(Oc2cccc(F)c2CCl)c1C. The van der Waals surface area contributed by atoms with E-state index in [1.54, 1.807) is 12.1 Å². The first-order valence-corrected chi connectivity index (χ1v) is 6.66. The topological polar surface area (TPSA) is 9.23 Å². The van der Waals surface area contributed by atoms with E-state index in [9.17, 15) is 4.39 Å². The van der Waals surface area contributed by atoms with Gasteiger partial charge in [0.1, 0.15) is 17.3 Å². The standard InChI is InChI=1S/C16H16ClFO/c1-10-7-8-11(2)16(12(10)3)19-15-6-4-5-14(18)13(15)9-17/h4-8H,9H2,1-3H3. The minimum atomic E-state index is -0.338. The zero-order valence-electron chi connectivity index (χ0n) is 11.3. The number of rotatable bonds is 3. The summed E-state index contributed by atoms with van der Waals surface area (Å²) in [6.45, 7) is 5.99. The highest BCUT2D eigenvalue weighted by molar-refractivity contribution is 6.17. The fraction of sp³-hybridized carbons (Fsp3) is 0.250. The van der Waals surface area contributed by atoms with Crippen molar-refractivity contribution in [3.8, 4) is 11.5 Å². The van der Waals surface area contributed by atoms with E-state index < -0.39 is 0 Å². The van der Waals surface area contributed by atoms with Crippen molar-refractivity contribution in [2.75, 3.05) is 0 Å². The average molecular weight is 279 g/mol. The third kappa shape index (κ3) is 2.74. The highest BCUT2D eigenvalue weighted by atomic mass is 35.5. The number of aryl methyl sites for hydroxylation is 2. The minimum Gasteiger partial charge on any atom is -0.456 e. The van der Waals surface area contributed by atoms with Crippen LogP contribution in [0, 0.1) is 26.6 Å². The molecular weight excluding hydrogens is 263 g/mol. The van der Waals surface area contributed by atoms with Crippen LogP contribution >= 0.6 is 11.6 Å². The van der Waals surface area contributed by atoms with Gasteiger partial charge in [0.15, 0.2) is 0 Å². The summed E-state index contributed by atoms with van der Waals surface area (Å²) in [4.78, 5) is 0. The van der Waals surface area contributed by atoms with Gasteiger partial charge in [-0.05, 0) is 49.6 Å². The van der Waals surface area contributed by atoms with Gasteiger partial charge in [-0.2, -0.15) is 0 Å². The van der Waals surface area contributed by atoms with Crippen LogP contribution in [0.1, 0.15) is 22.3 Å². The lowest BCUT2D eigenvalue weighted by Crippen LogP contribution is -1.97. The van der Waals surface area contributed by atoms with Crippen LogP contribution in [0.25, 0.3) is 0 Å². The Morgan fingerprint density at radius 1 is 1.05 bits per heavy atom. The molecule has 2 rings (SSSR count). The Labute approximate surface area is 118 Å². The second kappa shape index (κ2) is 5.62.